The molecule has 1 aromatic heterocycles. The van der Waals surface area contributed by atoms with Gasteiger partial charge in [-0.1, -0.05) is 13.8 Å². The number of ether oxygens (including phenoxy) is 1. The molecule has 0 fully saturated rings. The number of hydrogen-bond acceptors (Lipinski definition) is 4. The van der Waals surface area contributed by atoms with Crippen molar-refractivity contribution in [2.45, 2.75) is 40.2 Å². The number of aryl methyl sites for hydroxylation is 2. The average molecular weight is 251 g/mol. The van der Waals surface area contributed by atoms with Crippen LogP contribution in [-0.2, 0) is 4.74 Å². The first-order valence-electron chi connectivity index (χ1n) is 6.63. The van der Waals surface area contributed by atoms with Crippen molar-refractivity contribution in [3.05, 3.63) is 23.0 Å². The largest absolute Gasteiger partial charge is 0.385 e. The SMILES string of the molecule is CCNC(c1cc(C)nnc1C)C(C)CCOC. The molecule has 0 radical (unpaired) electrons. The third-order valence-corrected chi connectivity index (χ3v) is 3.25. The Kier molecular flexibility index (Phi) is 6.22. The smallest absolute Gasteiger partial charge is 0.0648 e. The summed E-state index contributed by atoms with van der Waals surface area (Å²) in [4.78, 5) is 0. The summed E-state index contributed by atoms with van der Waals surface area (Å²) in [6.07, 6.45) is 1.04. The second-order valence-corrected chi connectivity index (χ2v) is 4.82. The van der Waals surface area contributed by atoms with Crippen molar-refractivity contribution in [1.82, 2.24) is 15.5 Å². The molecular weight excluding hydrogens is 226 g/mol. The molecule has 4 nitrogen and oxygen atoms in total. The maximum Gasteiger partial charge on any atom is 0.0648 e. The van der Waals surface area contributed by atoms with Crippen LogP contribution in [-0.4, -0.2) is 30.5 Å². The molecule has 18 heavy (non-hydrogen) atoms. The fraction of sp³-hybridized carbons (Fsp3) is 0.714. The second kappa shape index (κ2) is 7.44. The minimum atomic E-state index is 0.319. The monoisotopic (exact) mass is 251 g/mol. The number of methoxy groups -OCH3 is 1. The van der Waals surface area contributed by atoms with Crippen LogP contribution in [0.15, 0.2) is 6.07 Å². The van der Waals surface area contributed by atoms with Crippen molar-refractivity contribution in [3.8, 4) is 0 Å². The highest BCUT2D eigenvalue weighted by Gasteiger charge is 2.20. The molecule has 102 valence electrons. The lowest BCUT2D eigenvalue weighted by molar-refractivity contribution is 0.170. The van der Waals surface area contributed by atoms with Crippen molar-refractivity contribution in [1.29, 1.82) is 0 Å². The minimum absolute atomic E-state index is 0.319. The van der Waals surface area contributed by atoms with E-state index in [1.165, 1.54) is 5.56 Å². The number of rotatable bonds is 7. The number of hydrogen-bond donors (Lipinski definition) is 1. The van der Waals surface area contributed by atoms with Crippen LogP contribution in [0.25, 0.3) is 0 Å². The highest BCUT2D eigenvalue weighted by molar-refractivity contribution is 5.24. The van der Waals surface area contributed by atoms with E-state index in [1.807, 2.05) is 13.8 Å². The summed E-state index contributed by atoms with van der Waals surface area (Å²) >= 11 is 0. The van der Waals surface area contributed by atoms with Crippen molar-refractivity contribution in [2.75, 3.05) is 20.3 Å². The van der Waals surface area contributed by atoms with Gasteiger partial charge in [0, 0.05) is 19.8 Å². The molecule has 0 amide bonds. The van der Waals surface area contributed by atoms with Crippen LogP contribution >= 0.6 is 0 Å². The Morgan fingerprint density at radius 3 is 2.67 bits per heavy atom. The van der Waals surface area contributed by atoms with Crippen molar-refractivity contribution >= 4 is 0 Å². The highest BCUT2D eigenvalue weighted by Crippen LogP contribution is 2.26. The molecule has 1 N–H and O–H groups in total. The highest BCUT2D eigenvalue weighted by atomic mass is 16.5. The average Bonchev–Trinajstić information content (AvgIpc) is 2.36. The van der Waals surface area contributed by atoms with Crippen LogP contribution in [0.2, 0.25) is 0 Å². The lowest BCUT2D eigenvalue weighted by Crippen LogP contribution is -2.28. The molecule has 0 saturated carbocycles. The van der Waals surface area contributed by atoms with E-state index in [4.69, 9.17) is 4.74 Å². The molecule has 0 aromatic carbocycles. The lowest BCUT2D eigenvalue weighted by atomic mass is 9.91. The molecule has 4 heteroatoms. The Balaban J connectivity index is 2.92. The van der Waals surface area contributed by atoms with Gasteiger partial charge in [0.1, 0.15) is 0 Å². The zero-order valence-corrected chi connectivity index (χ0v) is 12.2. The van der Waals surface area contributed by atoms with Crippen LogP contribution in [0.3, 0.4) is 0 Å². The van der Waals surface area contributed by atoms with Gasteiger partial charge in [0.05, 0.1) is 11.4 Å². The molecule has 2 atom stereocenters. The molecule has 0 spiro atoms. The Bertz CT molecular complexity index is 368. The fourth-order valence-corrected chi connectivity index (χ4v) is 2.19. The molecule has 0 aliphatic rings. The third kappa shape index (κ3) is 4.03. The molecule has 0 bridgehead atoms. The van der Waals surface area contributed by atoms with Crippen molar-refractivity contribution < 1.29 is 4.74 Å². The zero-order chi connectivity index (χ0) is 13.5. The zero-order valence-electron chi connectivity index (χ0n) is 12.2. The van der Waals surface area contributed by atoms with E-state index in [-0.39, 0.29) is 0 Å². The van der Waals surface area contributed by atoms with E-state index < -0.39 is 0 Å². The van der Waals surface area contributed by atoms with Gasteiger partial charge in [-0.3, -0.25) is 0 Å². The van der Waals surface area contributed by atoms with Gasteiger partial charge in [-0.2, -0.15) is 10.2 Å². The van der Waals surface area contributed by atoms with Crippen LogP contribution in [0.5, 0.6) is 0 Å². The van der Waals surface area contributed by atoms with Crippen LogP contribution in [0.1, 0.15) is 43.3 Å². The number of aromatic nitrogens is 2. The summed E-state index contributed by atoms with van der Waals surface area (Å²) in [5.74, 6) is 0.507. The molecule has 1 aromatic rings. The predicted octanol–water partition coefficient (Wildman–Crippen LogP) is 2.42. The normalized spacial score (nSPS) is 14.5. The second-order valence-electron chi connectivity index (χ2n) is 4.82. The predicted molar refractivity (Wildman–Crippen MR) is 73.6 cm³/mol. The van der Waals surface area contributed by atoms with Gasteiger partial charge in [0.15, 0.2) is 0 Å². The van der Waals surface area contributed by atoms with Crippen molar-refractivity contribution in [2.24, 2.45) is 5.92 Å². The van der Waals surface area contributed by atoms with Gasteiger partial charge in [0.25, 0.3) is 0 Å². The van der Waals surface area contributed by atoms with Gasteiger partial charge in [-0.05, 0) is 44.4 Å². The summed E-state index contributed by atoms with van der Waals surface area (Å²) in [7, 11) is 1.75. The summed E-state index contributed by atoms with van der Waals surface area (Å²) in [5, 5.41) is 11.9. The van der Waals surface area contributed by atoms with E-state index in [1.54, 1.807) is 7.11 Å². The lowest BCUT2D eigenvalue weighted by Gasteiger charge is -2.26. The summed E-state index contributed by atoms with van der Waals surface area (Å²) < 4.78 is 5.17. The van der Waals surface area contributed by atoms with Gasteiger partial charge in [-0.15, -0.1) is 0 Å². The first kappa shape index (κ1) is 15.1. The molecular formula is C14H25N3O. The van der Waals surface area contributed by atoms with Crippen LogP contribution in [0, 0.1) is 19.8 Å². The van der Waals surface area contributed by atoms with Crippen molar-refractivity contribution in [3.63, 3.8) is 0 Å². The Morgan fingerprint density at radius 1 is 1.33 bits per heavy atom. The van der Waals surface area contributed by atoms with Gasteiger partial charge < -0.3 is 10.1 Å². The molecule has 1 rings (SSSR count). The topological polar surface area (TPSA) is 47.0 Å². The summed E-state index contributed by atoms with van der Waals surface area (Å²) in [5.41, 5.74) is 3.24. The third-order valence-electron chi connectivity index (χ3n) is 3.25. The standard InChI is InChI=1S/C14H25N3O/c1-6-15-14(10(2)7-8-18-5)13-9-11(3)16-17-12(13)4/h9-10,14-15H,6-8H2,1-5H3. The Hall–Kier alpha value is -1.00. The van der Waals surface area contributed by atoms with E-state index in [2.05, 4.69) is 35.4 Å². The Morgan fingerprint density at radius 2 is 2.06 bits per heavy atom. The first-order valence-corrected chi connectivity index (χ1v) is 6.63. The van der Waals surface area contributed by atoms with E-state index in [0.717, 1.165) is 31.0 Å². The Labute approximate surface area is 110 Å². The molecule has 0 saturated heterocycles. The summed E-state index contributed by atoms with van der Waals surface area (Å²) in [6, 6.07) is 2.46. The summed E-state index contributed by atoms with van der Waals surface area (Å²) in [6.45, 7) is 10.1. The van der Waals surface area contributed by atoms with Gasteiger partial charge >= 0.3 is 0 Å². The van der Waals surface area contributed by atoms with Gasteiger partial charge in [-0.25, -0.2) is 0 Å². The maximum absolute atomic E-state index is 5.17. The fourth-order valence-electron chi connectivity index (χ4n) is 2.19. The number of nitrogens with zero attached hydrogens (tertiary/aromatic N) is 2. The van der Waals surface area contributed by atoms with Crippen LogP contribution in [0.4, 0.5) is 0 Å². The molecule has 0 aliphatic heterocycles. The van der Waals surface area contributed by atoms with E-state index in [0.29, 0.717) is 12.0 Å². The molecule has 1 heterocycles. The molecule has 2 unspecified atom stereocenters. The quantitative estimate of drug-likeness (QED) is 0.808. The minimum Gasteiger partial charge on any atom is -0.385 e. The van der Waals surface area contributed by atoms with Crippen LogP contribution < -0.4 is 5.32 Å². The maximum atomic E-state index is 5.17. The molecule has 0 aliphatic carbocycles. The van der Waals surface area contributed by atoms with E-state index >= 15 is 0 Å². The van der Waals surface area contributed by atoms with Gasteiger partial charge in [0.2, 0.25) is 0 Å². The number of nitrogens with one attached hydrogen (secondary N) is 1. The first-order chi connectivity index (χ1) is 8.60. The van der Waals surface area contributed by atoms with E-state index in [9.17, 15) is 0 Å².